The molecule has 1 aromatic carbocycles. The summed E-state index contributed by atoms with van der Waals surface area (Å²) in [5.41, 5.74) is 10.5. The molecule has 1 saturated heterocycles. The van der Waals surface area contributed by atoms with Crippen molar-refractivity contribution < 1.29 is 4.79 Å². The first-order valence-electron chi connectivity index (χ1n) is 9.84. The van der Waals surface area contributed by atoms with Crippen LogP contribution in [0.15, 0.2) is 52.3 Å². The van der Waals surface area contributed by atoms with Crippen LogP contribution in [0, 0.1) is 0 Å². The van der Waals surface area contributed by atoms with E-state index in [1.807, 2.05) is 23.2 Å². The van der Waals surface area contributed by atoms with E-state index < -0.39 is 0 Å². The minimum absolute atomic E-state index is 0.0508. The minimum atomic E-state index is 0.0508. The van der Waals surface area contributed by atoms with Crippen LogP contribution in [0.2, 0.25) is 5.02 Å². The Morgan fingerprint density at radius 3 is 2.64 bits per heavy atom. The van der Waals surface area contributed by atoms with Crippen LogP contribution in [0.4, 0.5) is 0 Å². The van der Waals surface area contributed by atoms with E-state index in [2.05, 4.69) is 39.4 Å². The fraction of sp³-hybridized carbons (Fsp3) is 0.429. The Hall–Kier alpha value is -2.31. The number of amides is 1. The third kappa shape index (κ3) is 4.08. The lowest BCUT2D eigenvalue weighted by Crippen LogP contribution is -2.45. The molecule has 3 heterocycles. The normalized spacial score (nSPS) is 22.9. The number of halogens is 1. The summed E-state index contributed by atoms with van der Waals surface area (Å²) in [5.74, 6) is 1.19. The maximum absolute atomic E-state index is 11.6. The van der Waals surface area contributed by atoms with Crippen LogP contribution in [0.25, 0.3) is 0 Å². The Labute approximate surface area is 170 Å². The number of hydrogen-bond donors (Lipinski definition) is 3. The summed E-state index contributed by atoms with van der Waals surface area (Å²) in [6.45, 7) is 4.07. The molecule has 6 nitrogen and oxygen atoms in total. The number of nitrogens with zero attached hydrogens (tertiary/aromatic N) is 2. The van der Waals surface area contributed by atoms with Gasteiger partial charge in [-0.25, -0.2) is 5.43 Å². The van der Waals surface area contributed by atoms with E-state index >= 15 is 0 Å². The van der Waals surface area contributed by atoms with Crippen LogP contribution in [-0.4, -0.2) is 42.7 Å². The molecule has 0 saturated carbocycles. The van der Waals surface area contributed by atoms with Crippen molar-refractivity contribution in [2.75, 3.05) is 19.6 Å². The predicted octanol–water partition coefficient (Wildman–Crippen LogP) is 2.70. The second-order valence-electron chi connectivity index (χ2n) is 7.46. The van der Waals surface area contributed by atoms with E-state index in [0.29, 0.717) is 6.04 Å². The lowest BCUT2D eigenvalue weighted by Gasteiger charge is -2.32. The Kier molecular flexibility index (Phi) is 5.69. The van der Waals surface area contributed by atoms with Gasteiger partial charge in [-0.2, -0.15) is 0 Å². The van der Waals surface area contributed by atoms with E-state index in [4.69, 9.17) is 11.6 Å². The standard InChI is InChI=1S/C21H26ClN5O/c1-14(28)27-12-8-18(9-13-27)24-21-19(15-6-10-23-11-7-15)20(25-26-21)16-2-4-17(22)5-3-16/h2-6,10,18,20,24-26H,7-9,11-13H2,1H3. The highest BCUT2D eigenvalue weighted by Crippen LogP contribution is 2.34. The summed E-state index contributed by atoms with van der Waals surface area (Å²) in [4.78, 5) is 17.8. The molecule has 1 atom stereocenters. The van der Waals surface area contributed by atoms with Gasteiger partial charge in [0.15, 0.2) is 0 Å². The molecule has 1 unspecified atom stereocenters. The molecule has 3 N–H and O–H groups in total. The highest BCUT2D eigenvalue weighted by molar-refractivity contribution is 6.30. The van der Waals surface area contributed by atoms with Gasteiger partial charge < -0.3 is 15.6 Å². The maximum Gasteiger partial charge on any atom is 0.219 e. The topological polar surface area (TPSA) is 68.8 Å². The van der Waals surface area contributed by atoms with Crippen molar-refractivity contribution in [3.8, 4) is 0 Å². The largest absolute Gasteiger partial charge is 0.368 e. The first kappa shape index (κ1) is 19.0. The molecular weight excluding hydrogens is 374 g/mol. The summed E-state index contributed by atoms with van der Waals surface area (Å²) in [6, 6.07) is 8.37. The molecule has 0 bridgehead atoms. The van der Waals surface area contributed by atoms with Gasteiger partial charge in [0, 0.05) is 49.4 Å². The van der Waals surface area contributed by atoms with Gasteiger partial charge in [0.1, 0.15) is 5.82 Å². The molecular formula is C21H26ClN5O. The van der Waals surface area contributed by atoms with Crippen molar-refractivity contribution >= 4 is 23.7 Å². The average Bonchev–Trinajstić information content (AvgIpc) is 3.13. The molecule has 3 aliphatic rings. The number of aliphatic imine (C=N–C) groups is 1. The van der Waals surface area contributed by atoms with Gasteiger partial charge in [-0.15, -0.1) is 0 Å². The fourth-order valence-electron chi connectivity index (χ4n) is 4.05. The van der Waals surface area contributed by atoms with Gasteiger partial charge in [0.2, 0.25) is 5.91 Å². The van der Waals surface area contributed by atoms with Gasteiger partial charge in [0.05, 0.1) is 6.04 Å². The number of carbonyl (C=O) groups is 1. The van der Waals surface area contributed by atoms with Crippen LogP contribution in [0.3, 0.4) is 0 Å². The third-order valence-corrected chi connectivity index (χ3v) is 5.88. The Balaban J connectivity index is 1.57. The molecule has 28 heavy (non-hydrogen) atoms. The van der Waals surface area contributed by atoms with Crippen molar-refractivity contribution in [1.29, 1.82) is 0 Å². The van der Waals surface area contributed by atoms with Gasteiger partial charge in [-0.1, -0.05) is 23.7 Å². The number of dihydropyridines is 1. The zero-order valence-electron chi connectivity index (χ0n) is 16.0. The Morgan fingerprint density at radius 2 is 2.00 bits per heavy atom. The summed E-state index contributed by atoms with van der Waals surface area (Å²) in [6.07, 6.45) is 6.82. The molecule has 0 aliphatic carbocycles. The van der Waals surface area contributed by atoms with Crippen LogP contribution in [-0.2, 0) is 4.79 Å². The Morgan fingerprint density at radius 1 is 1.25 bits per heavy atom. The second-order valence-corrected chi connectivity index (χ2v) is 7.90. The van der Waals surface area contributed by atoms with E-state index in [-0.39, 0.29) is 11.9 Å². The molecule has 1 amide bonds. The molecule has 4 rings (SSSR count). The summed E-state index contributed by atoms with van der Waals surface area (Å²) in [7, 11) is 0. The first-order valence-corrected chi connectivity index (χ1v) is 10.2. The predicted molar refractivity (Wildman–Crippen MR) is 112 cm³/mol. The number of benzene rings is 1. The summed E-state index contributed by atoms with van der Waals surface area (Å²) >= 11 is 6.08. The SMILES string of the molecule is CC(=O)N1CCC(NC2=C(C3=CC=NCC3)C(c3ccc(Cl)cc3)NN2)CC1. The van der Waals surface area contributed by atoms with E-state index in [9.17, 15) is 4.79 Å². The molecule has 7 heteroatoms. The monoisotopic (exact) mass is 399 g/mol. The first-order chi connectivity index (χ1) is 13.6. The zero-order chi connectivity index (χ0) is 19.5. The third-order valence-electron chi connectivity index (χ3n) is 5.63. The molecule has 1 aromatic rings. The van der Waals surface area contributed by atoms with Crippen molar-refractivity contribution in [2.24, 2.45) is 4.99 Å². The molecule has 148 valence electrons. The maximum atomic E-state index is 11.6. The molecule has 0 spiro atoms. The molecule has 0 aromatic heterocycles. The van der Waals surface area contributed by atoms with Gasteiger partial charge >= 0.3 is 0 Å². The summed E-state index contributed by atoms with van der Waals surface area (Å²) in [5, 5.41) is 4.43. The lowest BCUT2D eigenvalue weighted by molar-refractivity contribution is -0.129. The smallest absolute Gasteiger partial charge is 0.219 e. The number of piperidine rings is 1. The number of likely N-dealkylation sites (tertiary alicyclic amines) is 1. The van der Waals surface area contributed by atoms with Crippen molar-refractivity contribution in [2.45, 2.75) is 38.3 Å². The Bertz CT molecular complexity index is 822. The minimum Gasteiger partial charge on any atom is -0.368 e. The zero-order valence-corrected chi connectivity index (χ0v) is 16.8. The highest BCUT2D eigenvalue weighted by atomic mass is 35.5. The van der Waals surface area contributed by atoms with Crippen LogP contribution >= 0.6 is 11.6 Å². The molecule has 3 aliphatic heterocycles. The van der Waals surface area contributed by atoms with Gasteiger partial charge in [-0.3, -0.25) is 9.79 Å². The lowest BCUT2D eigenvalue weighted by atomic mass is 9.91. The number of allylic oxidation sites excluding steroid dienone is 1. The van der Waals surface area contributed by atoms with Crippen LogP contribution in [0.5, 0.6) is 0 Å². The summed E-state index contributed by atoms with van der Waals surface area (Å²) < 4.78 is 0. The highest BCUT2D eigenvalue weighted by Gasteiger charge is 2.31. The van der Waals surface area contributed by atoms with Crippen molar-refractivity contribution in [1.82, 2.24) is 21.1 Å². The van der Waals surface area contributed by atoms with E-state index in [1.165, 1.54) is 16.7 Å². The number of carbonyl (C=O) groups excluding carboxylic acids is 1. The van der Waals surface area contributed by atoms with Gasteiger partial charge in [0.25, 0.3) is 0 Å². The van der Waals surface area contributed by atoms with E-state index in [1.54, 1.807) is 6.92 Å². The second kappa shape index (κ2) is 8.37. The quantitative estimate of drug-likeness (QED) is 0.728. The number of rotatable bonds is 4. The van der Waals surface area contributed by atoms with Crippen LogP contribution in [0.1, 0.15) is 37.8 Å². The number of nitrogens with one attached hydrogen (secondary N) is 3. The fourth-order valence-corrected chi connectivity index (χ4v) is 4.17. The van der Waals surface area contributed by atoms with Crippen LogP contribution < -0.4 is 16.2 Å². The van der Waals surface area contributed by atoms with E-state index in [0.717, 1.165) is 49.7 Å². The van der Waals surface area contributed by atoms with Gasteiger partial charge in [-0.05, 0) is 48.6 Å². The van der Waals surface area contributed by atoms with Crippen molar-refractivity contribution in [3.63, 3.8) is 0 Å². The average molecular weight is 400 g/mol. The number of hydrazine groups is 1. The number of hydrogen-bond acceptors (Lipinski definition) is 5. The molecule has 1 fully saturated rings. The molecule has 0 radical (unpaired) electrons. The van der Waals surface area contributed by atoms with Crippen molar-refractivity contribution in [3.05, 3.63) is 57.9 Å².